The molecule has 1 heterocycles. The fourth-order valence-electron chi connectivity index (χ4n) is 5.60. The molecule has 0 saturated heterocycles. The Bertz CT molecular complexity index is 1850. The molecule has 3 aromatic rings. The Balaban J connectivity index is 0.00000110. The fourth-order valence-corrected chi connectivity index (χ4v) is 5.60. The number of carbonyl (C=O) groups excluding carboxylic acids is 6. The molecule has 2 aromatic carbocycles. The highest BCUT2D eigenvalue weighted by molar-refractivity contribution is 6.00. The number of hydrogen-bond donors (Lipinski definition) is 6. The van der Waals surface area contributed by atoms with Crippen molar-refractivity contribution in [2.75, 3.05) is 41.7 Å². The molecule has 0 aliphatic carbocycles. The van der Waals surface area contributed by atoms with E-state index in [1.165, 1.54) is 32.4 Å². The zero-order valence-electron chi connectivity index (χ0n) is 35.9. The number of benzene rings is 2. The Kier molecular flexibility index (Phi) is 28.5. The summed E-state index contributed by atoms with van der Waals surface area (Å²) in [6, 6.07) is 10.5. The summed E-state index contributed by atoms with van der Waals surface area (Å²) >= 11 is 0. The van der Waals surface area contributed by atoms with Crippen LogP contribution in [0.4, 0.5) is 0 Å². The molecule has 20 nitrogen and oxygen atoms in total. The molecule has 1 aromatic heterocycles. The number of carboxylic acid groups (broad SMARTS) is 2. The van der Waals surface area contributed by atoms with Gasteiger partial charge in [-0.05, 0) is 63.2 Å². The standard InChI is InChI=1S/C22H35N3O6.C18H17NO7.CH2O2.CH4O/c1-6-8-9-10-17(21(27)24-14-23-3)19(7-2)25(15-26)31-22(28)18-12-11-16(29-4)13-20(18)30-5;1-2-25-16-9-11(15-6-4-12(10-21)26-15)3-5-13(16)17(22)19-14(7-8-20)18(23)24;2-1-3;1-2/h11-13,15,17,19,23H,6-10,14H2,1-5H3,(H,24,27);3-6,8-10,14H,2,7H2,1H3,(H,19,22)(H,23,24);1H,(H,2,3);2H,1H3. The summed E-state index contributed by atoms with van der Waals surface area (Å²) in [5.41, 5.74) is 0.850. The van der Waals surface area contributed by atoms with Crippen LogP contribution < -0.4 is 30.2 Å². The van der Waals surface area contributed by atoms with Gasteiger partial charge in [-0.25, -0.2) is 9.59 Å². The first-order chi connectivity index (χ1) is 29.9. The van der Waals surface area contributed by atoms with Gasteiger partial charge in [-0.2, -0.15) is 5.06 Å². The number of carboxylic acids is 1. The summed E-state index contributed by atoms with van der Waals surface area (Å²) in [5, 5.41) is 31.8. The van der Waals surface area contributed by atoms with Crippen molar-refractivity contribution in [3.63, 3.8) is 0 Å². The molecule has 3 atom stereocenters. The second-order valence-corrected chi connectivity index (χ2v) is 12.4. The summed E-state index contributed by atoms with van der Waals surface area (Å²) in [7, 11) is 5.66. The number of hydrogen-bond acceptors (Lipinski definition) is 15. The monoisotopic (exact) mass is 874 g/mol. The van der Waals surface area contributed by atoms with Gasteiger partial charge < -0.3 is 59.5 Å². The van der Waals surface area contributed by atoms with Crippen LogP contribution in [0.5, 0.6) is 17.2 Å². The van der Waals surface area contributed by atoms with Crippen molar-refractivity contribution >= 4 is 49.2 Å². The number of unbranched alkanes of at least 4 members (excludes halogenated alkanes) is 2. The molecule has 0 saturated carbocycles. The highest BCUT2D eigenvalue weighted by Gasteiger charge is 2.34. The van der Waals surface area contributed by atoms with Gasteiger partial charge in [-0.15, -0.1) is 0 Å². The Morgan fingerprint density at radius 1 is 0.887 bits per heavy atom. The third-order valence-corrected chi connectivity index (χ3v) is 8.51. The number of aliphatic carboxylic acids is 1. The predicted molar refractivity (Wildman–Crippen MR) is 224 cm³/mol. The van der Waals surface area contributed by atoms with E-state index >= 15 is 0 Å². The predicted octanol–water partition coefficient (Wildman–Crippen LogP) is 3.74. The second kappa shape index (κ2) is 32.0. The first kappa shape index (κ1) is 55.2. The molecule has 0 fully saturated rings. The molecular weight excluding hydrogens is 816 g/mol. The van der Waals surface area contributed by atoms with E-state index in [1.54, 1.807) is 44.3 Å². The molecule has 3 rings (SSSR count). The zero-order valence-corrected chi connectivity index (χ0v) is 35.9. The van der Waals surface area contributed by atoms with Gasteiger partial charge in [-0.1, -0.05) is 39.2 Å². The minimum Gasteiger partial charge on any atom is -0.497 e. The molecule has 62 heavy (non-hydrogen) atoms. The van der Waals surface area contributed by atoms with Crippen molar-refractivity contribution in [1.82, 2.24) is 21.0 Å². The van der Waals surface area contributed by atoms with E-state index in [-0.39, 0.29) is 53.8 Å². The van der Waals surface area contributed by atoms with Crippen molar-refractivity contribution in [3.05, 3.63) is 65.4 Å². The summed E-state index contributed by atoms with van der Waals surface area (Å²) in [4.78, 5) is 96.0. The number of ether oxygens (including phenoxy) is 3. The van der Waals surface area contributed by atoms with E-state index in [0.29, 0.717) is 55.6 Å². The molecule has 3 unspecified atom stereocenters. The SMILES string of the molecule is CCCCCC(C(=O)NCNC)C(CC)N(C=O)OC(=O)c1ccc(OC)cc1OC.CCOc1cc(-c2ccc(C=O)o2)ccc1C(=O)NC(CC=O)C(=O)O.CO.O=CO. The number of furan rings is 1. The van der Waals surface area contributed by atoms with E-state index < -0.39 is 35.8 Å². The third-order valence-electron chi connectivity index (χ3n) is 8.51. The lowest BCUT2D eigenvalue weighted by Gasteiger charge is -2.31. The van der Waals surface area contributed by atoms with Crippen LogP contribution >= 0.6 is 0 Å². The molecule has 20 heteroatoms. The lowest BCUT2D eigenvalue weighted by atomic mass is 9.90. The van der Waals surface area contributed by atoms with Gasteiger partial charge in [0.15, 0.2) is 12.0 Å². The van der Waals surface area contributed by atoms with Gasteiger partial charge in [-0.3, -0.25) is 24.0 Å². The van der Waals surface area contributed by atoms with E-state index in [0.717, 1.165) is 31.4 Å². The first-order valence-corrected chi connectivity index (χ1v) is 19.3. The number of aliphatic hydroxyl groups excluding tert-OH is 1. The Morgan fingerprint density at radius 3 is 2.08 bits per heavy atom. The van der Waals surface area contributed by atoms with Crippen molar-refractivity contribution in [2.45, 2.75) is 71.4 Å². The number of hydroxylamine groups is 2. The third kappa shape index (κ3) is 18.2. The number of carbonyl (C=O) groups is 8. The van der Waals surface area contributed by atoms with Crippen molar-refractivity contribution in [2.24, 2.45) is 5.92 Å². The molecule has 3 amide bonds. The molecule has 0 aliphatic heterocycles. The Morgan fingerprint density at radius 2 is 1.56 bits per heavy atom. The number of nitrogens with zero attached hydrogens (tertiary/aromatic N) is 1. The average Bonchev–Trinajstić information content (AvgIpc) is 3.78. The highest BCUT2D eigenvalue weighted by atomic mass is 16.7. The average molecular weight is 875 g/mol. The van der Waals surface area contributed by atoms with Crippen LogP contribution in [0.15, 0.2) is 52.9 Å². The maximum absolute atomic E-state index is 12.8. The van der Waals surface area contributed by atoms with E-state index in [2.05, 4.69) is 22.9 Å². The molecule has 6 N–H and O–H groups in total. The maximum Gasteiger partial charge on any atom is 0.366 e. The molecule has 342 valence electrons. The fraction of sp³-hybridized carbons (Fsp3) is 0.429. The Hall–Kier alpha value is -6.80. The number of nitrogens with one attached hydrogen (secondary N) is 3. The zero-order chi connectivity index (χ0) is 47.0. The molecule has 0 spiro atoms. The topological polar surface area (TPSA) is 287 Å². The van der Waals surface area contributed by atoms with Gasteiger partial charge in [0.25, 0.3) is 12.4 Å². The lowest BCUT2D eigenvalue weighted by Crippen LogP contribution is -2.48. The number of aldehydes is 2. The van der Waals surface area contributed by atoms with Crippen LogP contribution in [-0.2, 0) is 28.8 Å². The lowest BCUT2D eigenvalue weighted by molar-refractivity contribution is -0.171. The van der Waals surface area contributed by atoms with Gasteiger partial charge in [0.05, 0.1) is 45.0 Å². The van der Waals surface area contributed by atoms with Crippen LogP contribution in [0.1, 0.15) is 90.6 Å². The second-order valence-electron chi connectivity index (χ2n) is 12.4. The highest BCUT2D eigenvalue weighted by Crippen LogP contribution is 2.30. The Labute approximate surface area is 359 Å². The number of amides is 3. The minimum absolute atomic E-state index is 0.120. The van der Waals surface area contributed by atoms with Crippen molar-refractivity contribution in [3.8, 4) is 28.6 Å². The molecule has 0 bridgehead atoms. The molecular formula is C42H58N4O16. The summed E-state index contributed by atoms with van der Waals surface area (Å²) in [5.74, 6) is -1.86. The minimum atomic E-state index is -1.32. The normalized spacial score (nSPS) is 11.3. The van der Waals surface area contributed by atoms with Crippen LogP contribution in [0, 0.1) is 5.92 Å². The summed E-state index contributed by atoms with van der Waals surface area (Å²) in [6.45, 7) is 6.00. The van der Waals surface area contributed by atoms with Crippen LogP contribution in [0.2, 0.25) is 0 Å². The van der Waals surface area contributed by atoms with Crippen LogP contribution in [0.25, 0.3) is 11.3 Å². The van der Waals surface area contributed by atoms with E-state index in [4.69, 9.17) is 43.6 Å². The number of aliphatic hydroxyl groups is 1. The quantitative estimate of drug-likeness (QED) is 0.0323. The number of methoxy groups -OCH3 is 2. The first-order valence-electron chi connectivity index (χ1n) is 19.3. The number of rotatable bonds is 24. The van der Waals surface area contributed by atoms with Gasteiger partial charge in [0, 0.05) is 25.2 Å². The smallest absolute Gasteiger partial charge is 0.366 e. The maximum atomic E-state index is 12.8. The van der Waals surface area contributed by atoms with Crippen molar-refractivity contribution in [1.29, 1.82) is 0 Å². The van der Waals surface area contributed by atoms with Gasteiger partial charge in [0.2, 0.25) is 12.3 Å². The molecule has 0 aliphatic rings. The van der Waals surface area contributed by atoms with Crippen LogP contribution in [0.3, 0.4) is 0 Å². The van der Waals surface area contributed by atoms with E-state index in [1.807, 2.05) is 6.92 Å². The molecule has 0 radical (unpaired) electrons. The van der Waals surface area contributed by atoms with Crippen LogP contribution in [-0.4, -0.2) is 123 Å². The summed E-state index contributed by atoms with van der Waals surface area (Å²) < 4.78 is 21.2. The van der Waals surface area contributed by atoms with E-state index in [9.17, 15) is 33.6 Å². The van der Waals surface area contributed by atoms with Crippen molar-refractivity contribution < 1.29 is 77.1 Å². The van der Waals surface area contributed by atoms with Gasteiger partial charge in [0.1, 0.15) is 40.9 Å². The van der Waals surface area contributed by atoms with Gasteiger partial charge >= 0.3 is 11.9 Å². The largest absolute Gasteiger partial charge is 0.497 e. The summed E-state index contributed by atoms with van der Waals surface area (Å²) in [6.07, 6.45) is 4.93.